The molecule has 0 spiro atoms. The van der Waals surface area contributed by atoms with Gasteiger partial charge in [-0.15, -0.1) is 0 Å². The predicted molar refractivity (Wildman–Crippen MR) is 74.0 cm³/mol. The normalized spacial score (nSPS) is 10.1. The van der Waals surface area contributed by atoms with Gasteiger partial charge in [0.15, 0.2) is 0 Å². The van der Waals surface area contributed by atoms with Gasteiger partial charge >= 0.3 is 12.1 Å². The number of unbranched alkanes of at least 4 members (excludes halogenated alkanes) is 4. The second-order valence-corrected chi connectivity index (χ2v) is 4.34. The highest BCUT2D eigenvalue weighted by molar-refractivity contribution is 5.78. The zero-order valence-corrected chi connectivity index (χ0v) is 12.4. The molecule has 0 N–H and O–H groups in total. The summed E-state index contributed by atoms with van der Waals surface area (Å²) in [6, 6.07) is 0. The first-order chi connectivity index (χ1) is 9.15. The fourth-order valence-corrected chi connectivity index (χ4v) is 1.72. The smallest absolute Gasteiger partial charge is 0.410 e. The van der Waals surface area contributed by atoms with Crippen LogP contribution in [-0.2, 0) is 14.3 Å². The molecule has 19 heavy (non-hydrogen) atoms. The molecule has 0 rings (SSSR count). The third-order valence-electron chi connectivity index (χ3n) is 2.68. The van der Waals surface area contributed by atoms with Crippen LogP contribution in [0.3, 0.4) is 0 Å². The number of rotatable bonds is 10. The fraction of sp³-hybridized carbons (Fsp3) is 0.857. The lowest BCUT2D eigenvalue weighted by molar-refractivity contribution is -0.144. The Kier molecular flexibility index (Phi) is 11.0. The van der Waals surface area contributed by atoms with Gasteiger partial charge in [0, 0.05) is 6.54 Å². The summed E-state index contributed by atoms with van der Waals surface area (Å²) >= 11 is 0. The summed E-state index contributed by atoms with van der Waals surface area (Å²) < 4.78 is 9.80. The summed E-state index contributed by atoms with van der Waals surface area (Å²) in [5, 5.41) is 0. The molecule has 0 radical (unpaired) electrons. The second-order valence-electron chi connectivity index (χ2n) is 4.34. The van der Waals surface area contributed by atoms with Crippen molar-refractivity contribution in [3.05, 3.63) is 0 Å². The van der Waals surface area contributed by atoms with Crippen LogP contribution in [0.25, 0.3) is 0 Å². The minimum Gasteiger partial charge on any atom is -0.465 e. The van der Waals surface area contributed by atoms with Gasteiger partial charge in [0.2, 0.25) is 0 Å². The van der Waals surface area contributed by atoms with E-state index in [9.17, 15) is 9.59 Å². The van der Waals surface area contributed by atoms with Crippen molar-refractivity contribution in [2.45, 2.75) is 52.9 Å². The molecular weight excluding hydrogens is 246 g/mol. The van der Waals surface area contributed by atoms with Crippen LogP contribution in [0.1, 0.15) is 52.9 Å². The zero-order chi connectivity index (χ0) is 14.5. The maximum absolute atomic E-state index is 11.7. The Morgan fingerprint density at radius 1 is 0.895 bits per heavy atom. The molecule has 0 fully saturated rings. The molecule has 0 aliphatic rings. The highest BCUT2D eigenvalue weighted by Gasteiger charge is 2.18. The van der Waals surface area contributed by atoms with Crippen LogP contribution < -0.4 is 0 Å². The van der Waals surface area contributed by atoms with Gasteiger partial charge in [-0.3, -0.25) is 9.69 Å². The van der Waals surface area contributed by atoms with Crippen molar-refractivity contribution >= 4 is 12.1 Å². The summed E-state index contributed by atoms with van der Waals surface area (Å²) in [6.07, 6.45) is 5.06. The first kappa shape index (κ1) is 17.7. The number of esters is 1. The van der Waals surface area contributed by atoms with Gasteiger partial charge in [-0.1, -0.05) is 32.6 Å². The molecule has 0 bridgehead atoms. The molecule has 0 atom stereocenters. The highest BCUT2D eigenvalue weighted by Crippen LogP contribution is 2.05. The molecule has 0 aromatic rings. The number of nitrogens with zero attached hydrogens (tertiary/aromatic N) is 1. The number of amides is 1. The maximum atomic E-state index is 11.7. The molecule has 0 aliphatic heterocycles. The minimum absolute atomic E-state index is 0.0273. The Morgan fingerprint density at radius 2 is 1.53 bits per heavy atom. The number of carbonyl (C=O) groups is 2. The van der Waals surface area contributed by atoms with Crippen molar-refractivity contribution in [3.63, 3.8) is 0 Å². The van der Waals surface area contributed by atoms with E-state index >= 15 is 0 Å². The molecule has 0 saturated carbocycles. The lowest BCUT2D eigenvalue weighted by Gasteiger charge is -2.20. The lowest BCUT2D eigenvalue weighted by Crippen LogP contribution is -2.37. The Hall–Kier alpha value is -1.26. The van der Waals surface area contributed by atoms with E-state index in [2.05, 4.69) is 6.92 Å². The van der Waals surface area contributed by atoms with Gasteiger partial charge in [-0.05, 0) is 20.3 Å². The first-order valence-electron chi connectivity index (χ1n) is 7.22. The zero-order valence-electron chi connectivity index (χ0n) is 12.4. The molecule has 0 saturated heterocycles. The topological polar surface area (TPSA) is 55.8 Å². The van der Waals surface area contributed by atoms with E-state index in [4.69, 9.17) is 9.47 Å². The van der Waals surface area contributed by atoms with Crippen LogP contribution in [-0.4, -0.2) is 43.3 Å². The van der Waals surface area contributed by atoms with Crippen LogP contribution in [0.2, 0.25) is 0 Å². The molecule has 5 heteroatoms. The summed E-state index contributed by atoms with van der Waals surface area (Å²) in [6.45, 7) is 6.81. The third kappa shape index (κ3) is 9.33. The van der Waals surface area contributed by atoms with Gasteiger partial charge in [0.1, 0.15) is 6.54 Å². The fourth-order valence-electron chi connectivity index (χ4n) is 1.72. The number of ether oxygens (including phenoxy) is 2. The lowest BCUT2D eigenvalue weighted by atomic mass is 10.1. The SMILES string of the molecule is CCCCCCCN(CC(=O)OCC)C(=O)OCC. The summed E-state index contributed by atoms with van der Waals surface area (Å²) in [4.78, 5) is 24.5. The summed E-state index contributed by atoms with van der Waals surface area (Å²) in [5.74, 6) is -0.385. The van der Waals surface area contributed by atoms with E-state index in [0.717, 1.165) is 19.3 Å². The van der Waals surface area contributed by atoms with Crippen LogP contribution in [0.4, 0.5) is 4.79 Å². The van der Waals surface area contributed by atoms with Crippen molar-refractivity contribution in [2.24, 2.45) is 0 Å². The Morgan fingerprint density at radius 3 is 2.11 bits per heavy atom. The van der Waals surface area contributed by atoms with Crippen LogP contribution in [0, 0.1) is 0 Å². The molecule has 112 valence electrons. The molecular formula is C14H27NO4. The van der Waals surface area contributed by atoms with Crippen LogP contribution in [0.15, 0.2) is 0 Å². The largest absolute Gasteiger partial charge is 0.465 e. The predicted octanol–water partition coefficient (Wildman–Crippen LogP) is 2.98. The number of hydrogen-bond donors (Lipinski definition) is 0. The van der Waals surface area contributed by atoms with Crippen molar-refractivity contribution in [1.29, 1.82) is 0 Å². The molecule has 5 nitrogen and oxygen atoms in total. The van der Waals surface area contributed by atoms with E-state index in [1.807, 2.05) is 0 Å². The standard InChI is InChI=1S/C14H27NO4/c1-4-7-8-9-10-11-15(14(17)19-6-3)12-13(16)18-5-2/h4-12H2,1-3H3. The molecule has 0 aromatic heterocycles. The van der Waals surface area contributed by atoms with Gasteiger partial charge < -0.3 is 9.47 Å². The van der Waals surface area contributed by atoms with Crippen molar-refractivity contribution in [3.8, 4) is 0 Å². The van der Waals surface area contributed by atoms with Gasteiger partial charge in [0.05, 0.1) is 13.2 Å². The Bertz CT molecular complexity index is 256. The molecule has 0 aromatic carbocycles. The van der Waals surface area contributed by atoms with Gasteiger partial charge in [-0.25, -0.2) is 4.79 Å². The van der Waals surface area contributed by atoms with E-state index in [0.29, 0.717) is 19.8 Å². The number of carbonyl (C=O) groups excluding carboxylic acids is 2. The van der Waals surface area contributed by atoms with E-state index in [1.165, 1.54) is 17.7 Å². The highest BCUT2D eigenvalue weighted by atomic mass is 16.6. The average molecular weight is 273 g/mol. The van der Waals surface area contributed by atoms with Crippen LogP contribution in [0.5, 0.6) is 0 Å². The van der Waals surface area contributed by atoms with Crippen LogP contribution >= 0.6 is 0 Å². The maximum Gasteiger partial charge on any atom is 0.410 e. The van der Waals surface area contributed by atoms with E-state index < -0.39 is 6.09 Å². The number of hydrogen-bond acceptors (Lipinski definition) is 4. The van der Waals surface area contributed by atoms with Gasteiger partial charge in [-0.2, -0.15) is 0 Å². The molecule has 0 heterocycles. The minimum atomic E-state index is -0.439. The first-order valence-corrected chi connectivity index (χ1v) is 7.22. The monoisotopic (exact) mass is 273 g/mol. The average Bonchev–Trinajstić information content (AvgIpc) is 2.37. The van der Waals surface area contributed by atoms with Crippen molar-refractivity contribution < 1.29 is 19.1 Å². The van der Waals surface area contributed by atoms with Crippen molar-refractivity contribution in [1.82, 2.24) is 4.90 Å². The molecule has 1 amide bonds. The van der Waals surface area contributed by atoms with E-state index in [-0.39, 0.29) is 12.5 Å². The third-order valence-corrected chi connectivity index (χ3v) is 2.68. The van der Waals surface area contributed by atoms with E-state index in [1.54, 1.807) is 13.8 Å². The quantitative estimate of drug-likeness (QED) is 0.453. The summed E-state index contributed by atoms with van der Waals surface area (Å²) in [5.41, 5.74) is 0. The van der Waals surface area contributed by atoms with Crippen molar-refractivity contribution in [2.75, 3.05) is 26.3 Å². The second kappa shape index (κ2) is 11.8. The van der Waals surface area contributed by atoms with Gasteiger partial charge in [0.25, 0.3) is 0 Å². The summed E-state index contributed by atoms with van der Waals surface area (Å²) in [7, 11) is 0. The molecule has 0 unspecified atom stereocenters. The Labute approximate surface area is 116 Å². The Balaban J connectivity index is 4.10. The molecule has 0 aliphatic carbocycles.